The number of benzene rings is 1. The molecule has 126 valence electrons. The quantitative estimate of drug-likeness (QED) is 0.907. The van der Waals surface area contributed by atoms with E-state index in [1.165, 1.54) is 5.56 Å². The van der Waals surface area contributed by atoms with E-state index < -0.39 is 0 Å². The number of hydrogen-bond acceptors (Lipinski definition) is 4. The lowest BCUT2D eigenvalue weighted by molar-refractivity contribution is -0.126. The predicted octanol–water partition coefficient (Wildman–Crippen LogP) is 2.73. The summed E-state index contributed by atoms with van der Waals surface area (Å²) in [5.74, 6) is 0.185. The molecule has 2 amide bonds. The second-order valence-corrected chi connectivity index (χ2v) is 6.82. The first-order valence-corrected chi connectivity index (χ1v) is 8.72. The zero-order valence-corrected chi connectivity index (χ0v) is 14.6. The van der Waals surface area contributed by atoms with Crippen LogP contribution in [-0.4, -0.2) is 25.5 Å². The number of para-hydroxylation sites is 2. The highest BCUT2D eigenvalue weighted by Gasteiger charge is 2.36. The van der Waals surface area contributed by atoms with Crippen LogP contribution in [0.2, 0.25) is 0 Å². The van der Waals surface area contributed by atoms with Gasteiger partial charge in [-0.25, -0.2) is 0 Å². The van der Waals surface area contributed by atoms with E-state index >= 15 is 0 Å². The summed E-state index contributed by atoms with van der Waals surface area (Å²) < 4.78 is 5.32. The molecule has 1 saturated heterocycles. The van der Waals surface area contributed by atoms with Crippen molar-refractivity contribution in [3.63, 3.8) is 0 Å². The monoisotopic (exact) mass is 344 g/mol. The number of thiophene rings is 1. The van der Waals surface area contributed by atoms with Crippen LogP contribution in [0.1, 0.15) is 16.9 Å². The molecule has 1 atom stereocenters. The van der Waals surface area contributed by atoms with Crippen molar-refractivity contribution in [3.8, 4) is 5.75 Å². The van der Waals surface area contributed by atoms with Crippen molar-refractivity contribution in [3.05, 3.63) is 46.2 Å². The molecule has 5 nitrogen and oxygen atoms in total. The van der Waals surface area contributed by atoms with E-state index in [9.17, 15) is 9.59 Å². The molecule has 3 rings (SSSR count). The molecular formula is C18H20N2O3S. The smallest absolute Gasteiger partial charge is 0.227 e. The lowest BCUT2D eigenvalue weighted by atomic mass is 10.1. The summed E-state index contributed by atoms with van der Waals surface area (Å²) in [7, 11) is 1.58. The molecule has 0 radical (unpaired) electrons. The van der Waals surface area contributed by atoms with Crippen LogP contribution < -0.4 is 15.0 Å². The minimum atomic E-state index is -0.331. The minimum absolute atomic E-state index is 0.0491. The summed E-state index contributed by atoms with van der Waals surface area (Å²) in [6, 6.07) is 9.41. The van der Waals surface area contributed by atoms with E-state index in [0.29, 0.717) is 18.8 Å². The molecule has 6 heteroatoms. The second-order valence-electron chi connectivity index (χ2n) is 5.82. The Balaban J connectivity index is 1.66. The molecular weight excluding hydrogens is 324 g/mol. The molecule has 1 aliphatic heterocycles. The summed E-state index contributed by atoms with van der Waals surface area (Å²) >= 11 is 1.63. The average Bonchev–Trinajstić information content (AvgIpc) is 3.18. The van der Waals surface area contributed by atoms with Crippen LogP contribution in [0.5, 0.6) is 5.75 Å². The van der Waals surface area contributed by atoms with E-state index in [1.54, 1.807) is 23.3 Å². The fourth-order valence-electron chi connectivity index (χ4n) is 2.87. The Bertz CT molecular complexity index is 756. The van der Waals surface area contributed by atoms with E-state index in [1.807, 2.05) is 42.6 Å². The van der Waals surface area contributed by atoms with Crippen LogP contribution in [0, 0.1) is 12.8 Å². The number of nitrogens with zero attached hydrogens (tertiary/aromatic N) is 1. The fraction of sp³-hybridized carbons (Fsp3) is 0.333. The van der Waals surface area contributed by atoms with Crippen molar-refractivity contribution in [1.82, 2.24) is 5.32 Å². The normalized spacial score (nSPS) is 17.2. The lowest BCUT2D eigenvalue weighted by Crippen LogP contribution is -2.32. The second kappa shape index (κ2) is 7.05. The van der Waals surface area contributed by atoms with Gasteiger partial charge >= 0.3 is 0 Å². The number of carbonyl (C=O) groups is 2. The first kappa shape index (κ1) is 16.5. The molecule has 0 aliphatic carbocycles. The number of amides is 2. The summed E-state index contributed by atoms with van der Waals surface area (Å²) in [4.78, 5) is 27.5. The molecule has 2 heterocycles. The summed E-state index contributed by atoms with van der Waals surface area (Å²) in [5.41, 5.74) is 1.90. The first-order valence-electron chi connectivity index (χ1n) is 7.84. The lowest BCUT2D eigenvalue weighted by Gasteiger charge is -2.19. The molecule has 1 aliphatic rings. The van der Waals surface area contributed by atoms with Crippen LogP contribution in [0.25, 0.3) is 0 Å². The van der Waals surface area contributed by atoms with Crippen molar-refractivity contribution in [2.24, 2.45) is 5.92 Å². The van der Waals surface area contributed by atoms with Gasteiger partial charge in [0.15, 0.2) is 0 Å². The third kappa shape index (κ3) is 3.28. The predicted molar refractivity (Wildman–Crippen MR) is 94.4 cm³/mol. The Morgan fingerprint density at radius 1 is 1.38 bits per heavy atom. The average molecular weight is 344 g/mol. The van der Waals surface area contributed by atoms with E-state index in [2.05, 4.69) is 5.32 Å². The molecule has 1 fully saturated rings. The summed E-state index contributed by atoms with van der Waals surface area (Å²) in [6.45, 7) is 2.93. The van der Waals surface area contributed by atoms with Crippen LogP contribution >= 0.6 is 11.3 Å². The number of hydrogen-bond donors (Lipinski definition) is 1. The van der Waals surface area contributed by atoms with Crippen molar-refractivity contribution >= 4 is 28.8 Å². The number of nitrogens with one attached hydrogen (secondary N) is 1. The van der Waals surface area contributed by atoms with Crippen LogP contribution in [0.15, 0.2) is 35.7 Å². The third-order valence-electron chi connectivity index (χ3n) is 4.26. The van der Waals surface area contributed by atoms with Gasteiger partial charge in [0.2, 0.25) is 11.8 Å². The van der Waals surface area contributed by atoms with Gasteiger partial charge in [-0.05, 0) is 36.1 Å². The van der Waals surface area contributed by atoms with Crippen LogP contribution in [0.4, 0.5) is 5.69 Å². The first-order chi connectivity index (χ1) is 11.6. The minimum Gasteiger partial charge on any atom is -0.495 e. The topological polar surface area (TPSA) is 58.6 Å². The number of carbonyl (C=O) groups excluding carboxylic acids is 2. The van der Waals surface area contributed by atoms with Gasteiger partial charge in [-0.1, -0.05) is 12.1 Å². The molecule has 0 spiro atoms. The number of ether oxygens (including phenoxy) is 1. The van der Waals surface area contributed by atoms with Gasteiger partial charge in [-0.3, -0.25) is 9.59 Å². The van der Waals surface area contributed by atoms with Gasteiger partial charge in [0, 0.05) is 17.8 Å². The highest BCUT2D eigenvalue weighted by molar-refractivity contribution is 7.10. The van der Waals surface area contributed by atoms with Crippen molar-refractivity contribution in [1.29, 1.82) is 0 Å². The van der Waals surface area contributed by atoms with Gasteiger partial charge in [0.25, 0.3) is 0 Å². The fourth-order valence-corrected chi connectivity index (χ4v) is 3.71. The largest absolute Gasteiger partial charge is 0.495 e. The van der Waals surface area contributed by atoms with Crippen LogP contribution in [0.3, 0.4) is 0 Å². The molecule has 0 bridgehead atoms. The molecule has 1 aromatic carbocycles. The van der Waals surface area contributed by atoms with E-state index in [4.69, 9.17) is 4.74 Å². The molecule has 0 saturated carbocycles. The Kier molecular flexibility index (Phi) is 4.85. The number of rotatable bonds is 5. The van der Waals surface area contributed by atoms with E-state index in [0.717, 1.165) is 10.6 Å². The number of methoxy groups -OCH3 is 1. The molecule has 1 N–H and O–H groups in total. The van der Waals surface area contributed by atoms with Gasteiger partial charge in [0.05, 0.1) is 25.3 Å². The molecule has 1 aromatic heterocycles. The molecule has 24 heavy (non-hydrogen) atoms. The third-order valence-corrected chi connectivity index (χ3v) is 5.29. The zero-order chi connectivity index (χ0) is 17.1. The Hall–Kier alpha value is -2.34. The summed E-state index contributed by atoms with van der Waals surface area (Å²) in [5, 5.41) is 4.96. The maximum atomic E-state index is 12.4. The number of anilines is 1. The SMILES string of the molecule is COc1ccccc1N1CC(C(=O)NCc2sccc2C)CC1=O. The highest BCUT2D eigenvalue weighted by Crippen LogP contribution is 2.32. The Labute approximate surface area is 145 Å². The summed E-state index contributed by atoms with van der Waals surface area (Å²) in [6.07, 6.45) is 0.229. The standard InChI is InChI=1S/C18H20N2O3S/c1-12-7-8-24-16(12)10-19-18(22)13-9-17(21)20(11-13)14-5-3-4-6-15(14)23-2/h3-8,13H,9-11H2,1-2H3,(H,19,22). The zero-order valence-electron chi connectivity index (χ0n) is 13.7. The van der Waals surface area contributed by atoms with Crippen molar-refractivity contribution in [2.45, 2.75) is 19.9 Å². The van der Waals surface area contributed by atoms with Gasteiger partial charge in [-0.15, -0.1) is 11.3 Å². The maximum absolute atomic E-state index is 12.4. The van der Waals surface area contributed by atoms with E-state index in [-0.39, 0.29) is 24.2 Å². The van der Waals surface area contributed by atoms with Crippen molar-refractivity contribution < 1.29 is 14.3 Å². The Morgan fingerprint density at radius 3 is 2.88 bits per heavy atom. The molecule has 1 unspecified atom stereocenters. The number of aryl methyl sites for hydroxylation is 1. The van der Waals surface area contributed by atoms with Gasteiger partial charge in [-0.2, -0.15) is 0 Å². The van der Waals surface area contributed by atoms with Gasteiger partial charge in [0.1, 0.15) is 5.75 Å². The maximum Gasteiger partial charge on any atom is 0.227 e. The van der Waals surface area contributed by atoms with Crippen LogP contribution in [-0.2, 0) is 16.1 Å². The Morgan fingerprint density at radius 2 is 2.17 bits per heavy atom. The molecule has 2 aromatic rings. The van der Waals surface area contributed by atoms with Crippen molar-refractivity contribution in [2.75, 3.05) is 18.6 Å². The van der Waals surface area contributed by atoms with Gasteiger partial charge < -0.3 is 15.0 Å². The highest BCUT2D eigenvalue weighted by atomic mass is 32.1.